The maximum absolute atomic E-state index is 11.4. The lowest BCUT2D eigenvalue weighted by Gasteiger charge is -2.06. The van der Waals surface area contributed by atoms with Crippen molar-refractivity contribution in [2.45, 2.75) is 0 Å². The van der Waals surface area contributed by atoms with E-state index in [1.807, 2.05) is 24.4 Å². The average molecular weight is 486 g/mol. The number of nitro benzene ring substituents is 1. The second-order valence-electron chi connectivity index (χ2n) is 7.51. The minimum absolute atomic E-state index is 0.0242. The van der Waals surface area contributed by atoms with Gasteiger partial charge in [-0.1, -0.05) is 15.9 Å². The average Bonchev–Trinajstić information content (AvgIpc) is 3.42. The molecule has 0 aliphatic heterocycles. The number of non-ortho nitro benzene ring substituents is 1. The van der Waals surface area contributed by atoms with Crippen molar-refractivity contribution in [2.75, 3.05) is 0 Å². The number of aromatic amines is 2. The molecular formula is C23H12BrN5O3. The summed E-state index contributed by atoms with van der Waals surface area (Å²) in [4.78, 5) is 33.7. The molecule has 0 bridgehead atoms. The first kappa shape index (κ1) is 18.6. The van der Waals surface area contributed by atoms with Gasteiger partial charge in [0.2, 0.25) is 0 Å². The minimum Gasteiger partial charge on any atom is -0.360 e. The summed E-state index contributed by atoms with van der Waals surface area (Å²) >= 11 is 3.52. The molecule has 32 heavy (non-hydrogen) atoms. The van der Waals surface area contributed by atoms with Gasteiger partial charge in [0.05, 0.1) is 16.0 Å². The molecule has 0 aliphatic rings. The summed E-state index contributed by atoms with van der Waals surface area (Å²) in [6.07, 6.45) is 1.90. The Kier molecular flexibility index (Phi) is 3.90. The maximum Gasteiger partial charge on any atom is 0.270 e. The molecule has 2 heterocycles. The lowest BCUT2D eigenvalue weighted by Crippen LogP contribution is -1.89. The lowest BCUT2D eigenvalue weighted by atomic mass is 9.99. The molecule has 8 nitrogen and oxygen atoms in total. The number of imidazole rings is 1. The third-order valence-electron chi connectivity index (χ3n) is 5.74. The third kappa shape index (κ3) is 2.64. The van der Waals surface area contributed by atoms with E-state index in [2.05, 4.69) is 31.1 Å². The molecule has 0 unspecified atom stereocenters. The topological polar surface area (TPSA) is 117 Å². The van der Waals surface area contributed by atoms with Crippen molar-refractivity contribution in [3.8, 4) is 11.4 Å². The second kappa shape index (κ2) is 6.69. The molecule has 154 valence electrons. The molecule has 6 aromatic rings. The van der Waals surface area contributed by atoms with Gasteiger partial charge < -0.3 is 9.97 Å². The van der Waals surface area contributed by atoms with Gasteiger partial charge in [-0.3, -0.25) is 10.1 Å². The molecule has 0 amide bonds. The van der Waals surface area contributed by atoms with Crippen LogP contribution in [0.15, 0.2) is 70.4 Å². The highest BCUT2D eigenvalue weighted by Crippen LogP contribution is 2.39. The van der Waals surface area contributed by atoms with Gasteiger partial charge in [-0.25, -0.2) is 4.98 Å². The molecule has 6 rings (SSSR count). The van der Waals surface area contributed by atoms with Crippen LogP contribution in [0.4, 0.5) is 11.4 Å². The number of H-pyrrole nitrogens is 2. The van der Waals surface area contributed by atoms with Crippen LogP contribution in [0, 0.1) is 15.0 Å². The van der Waals surface area contributed by atoms with Gasteiger partial charge in [0, 0.05) is 50.0 Å². The van der Waals surface area contributed by atoms with Crippen molar-refractivity contribution in [3.05, 3.63) is 80.3 Å². The monoisotopic (exact) mass is 485 g/mol. The number of fused-ring (bicyclic) bond motifs is 7. The number of hydrogen-bond acceptors (Lipinski definition) is 5. The maximum atomic E-state index is 11.4. The zero-order chi connectivity index (χ0) is 22.0. The van der Waals surface area contributed by atoms with Crippen LogP contribution in [0.3, 0.4) is 0 Å². The fourth-order valence-electron chi connectivity index (χ4n) is 4.28. The van der Waals surface area contributed by atoms with Gasteiger partial charge in [-0.05, 0) is 58.4 Å². The van der Waals surface area contributed by atoms with E-state index in [9.17, 15) is 15.0 Å². The number of halogens is 1. The molecule has 0 aliphatic carbocycles. The van der Waals surface area contributed by atoms with Crippen LogP contribution in [-0.2, 0) is 0 Å². The van der Waals surface area contributed by atoms with E-state index in [-0.39, 0.29) is 11.4 Å². The Hall–Kier alpha value is -4.11. The van der Waals surface area contributed by atoms with Crippen molar-refractivity contribution < 1.29 is 4.92 Å². The SMILES string of the molecule is O=Nc1ccc2c(c1)c1cc([N+](=O)[O-])ccc1c1[nH]c(-c3c[nH]c4ccc(Br)cc34)nc21. The van der Waals surface area contributed by atoms with E-state index in [1.54, 1.807) is 24.3 Å². The first-order chi connectivity index (χ1) is 15.5. The molecule has 0 saturated heterocycles. The number of aromatic nitrogens is 3. The largest absolute Gasteiger partial charge is 0.360 e. The normalized spacial score (nSPS) is 11.7. The third-order valence-corrected chi connectivity index (χ3v) is 6.23. The molecule has 0 spiro atoms. The Morgan fingerprint density at radius 2 is 1.75 bits per heavy atom. The molecule has 0 saturated carbocycles. The quantitative estimate of drug-likeness (QED) is 0.120. The molecule has 4 aromatic carbocycles. The Bertz CT molecular complexity index is 1750. The van der Waals surface area contributed by atoms with Crippen LogP contribution >= 0.6 is 15.9 Å². The summed E-state index contributed by atoms with van der Waals surface area (Å²) in [5.41, 5.74) is 3.61. The van der Waals surface area contributed by atoms with Crippen molar-refractivity contribution in [1.29, 1.82) is 0 Å². The van der Waals surface area contributed by atoms with Crippen molar-refractivity contribution >= 4 is 70.8 Å². The fraction of sp³-hybridized carbons (Fsp3) is 0. The Labute approximate surface area is 187 Å². The van der Waals surface area contributed by atoms with Crippen LogP contribution in [0.2, 0.25) is 0 Å². The molecule has 2 N–H and O–H groups in total. The minimum atomic E-state index is -0.431. The van der Waals surface area contributed by atoms with Gasteiger partial charge in [0.15, 0.2) is 0 Å². The standard InChI is InChI=1S/C23H12BrN5O3/c24-11-1-6-20-18(7-11)19(10-25-20)23-26-21-14-4-2-12(28-30)8-16(14)17-9-13(29(31)32)3-5-15(17)22(21)27-23/h1-10,25H,(H,26,27). The molecular weight excluding hydrogens is 474 g/mol. The number of nitroso groups, excluding NO2 is 1. The summed E-state index contributed by atoms with van der Waals surface area (Å²) < 4.78 is 0.957. The number of nitrogens with zero attached hydrogens (tertiary/aromatic N) is 3. The predicted octanol–water partition coefficient (Wildman–Crippen LogP) is 7.09. The number of nitrogens with one attached hydrogen (secondary N) is 2. The summed E-state index contributed by atoms with van der Waals surface area (Å²) in [5, 5.41) is 18.3. The van der Waals surface area contributed by atoms with E-state index in [0.29, 0.717) is 16.6 Å². The molecule has 2 aromatic heterocycles. The lowest BCUT2D eigenvalue weighted by molar-refractivity contribution is -0.384. The van der Waals surface area contributed by atoms with Gasteiger partial charge >= 0.3 is 0 Å². The van der Waals surface area contributed by atoms with Crippen LogP contribution in [0.25, 0.3) is 54.9 Å². The van der Waals surface area contributed by atoms with Gasteiger partial charge in [0.1, 0.15) is 11.5 Å². The number of nitro groups is 1. The van der Waals surface area contributed by atoms with E-state index < -0.39 is 4.92 Å². The summed E-state index contributed by atoms with van der Waals surface area (Å²) in [5.74, 6) is 0.675. The van der Waals surface area contributed by atoms with E-state index in [1.165, 1.54) is 12.1 Å². The summed E-state index contributed by atoms with van der Waals surface area (Å²) in [7, 11) is 0. The van der Waals surface area contributed by atoms with E-state index in [0.717, 1.165) is 42.7 Å². The highest BCUT2D eigenvalue weighted by Gasteiger charge is 2.18. The van der Waals surface area contributed by atoms with E-state index in [4.69, 9.17) is 4.98 Å². The zero-order valence-electron chi connectivity index (χ0n) is 16.2. The number of hydrogen-bond donors (Lipinski definition) is 2. The first-order valence-electron chi connectivity index (χ1n) is 9.67. The van der Waals surface area contributed by atoms with Crippen molar-refractivity contribution in [2.24, 2.45) is 5.18 Å². The van der Waals surface area contributed by atoms with Crippen LogP contribution in [0.1, 0.15) is 0 Å². The van der Waals surface area contributed by atoms with Crippen molar-refractivity contribution in [1.82, 2.24) is 15.0 Å². The molecule has 0 atom stereocenters. The molecule has 0 fully saturated rings. The van der Waals surface area contributed by atoms with Crippen molar-refractivity contribution in [3.63, 3.8) is 0 Å². The second-order valence-corrected chi connectivity index (χ2v) is 8.43. The summed E-state index contributed by atoms with van der Waals surface area (Å²) in [6.45, 7) is 0. The Balaban J connectivity index is 1.74. The van der Waals surface area contributed by atoms with E-state index >= 15 is 0 Å². The first-order valence-corrected chi connectivity index (χ1v) is 10.5. The van der Waals surface area contributed by atoms with Crippen LogP contribution < -0.4 is 0 Å². The number of rotatable bonds is 3. The van der Waals surface area contributed by atoms with Gasteiger partial charge in [-0.15, -0.1) is 4.91 Å². The Morgan fingerprint density at radius 1 is 0.938 bits per heavy atom. The number of benzene rings is 4. The van der Waals surface area contributed by atoms with Crippen LogP contribution in [-0.4, -0.2) is 19.9 Å². The van der Waals surface area contributed by atoms with Crippen LogP contribution in [0.5, 0.6) is 0 Å². The highest BCUT2D eigenvalue weighted by molar-refractivity contribution is 9.10. The molecule has 9 heteroatoms. The highest BCUT2D eigenvalue weighted by atomic mass is 79.9. The fourth-order valence-corrected chi connectivity index (χ4v) is 4.65. The van der Waals surface area contributed by atoms with Gasteiger partial charge in [0.25, 0.3) is 5.69 Å². The molecule has 0 radical (unpaired) electrons. The zero-order valence-corrected chi connectivity index (χ0v) is 17.8. The summed E-state index contributed by atoms with van der Waals surface area (Å²) in [6, 6.07) is 15.7. The van der Waals surface area contributed by atoms with Gasteiger partial charge in [-0.2, -0.15) is 0 Å². The Morgan fingerprint density at radius 3 is 2.56 bits per heavy atom. The predicted molar refractivity (Wildman–Crippen MR) is 128 cm³/mol. The smallest absolute Gasteiger partial charge is 0.270 e.